The van der Waals surface area contributed by atoms with Crippen LogP contribution in [0.5, 0.6) is 5.75 Å². The van der Waals surface area contributed by atoms with Crippen LogP contribution >= 0.6 is 0 Å². The molecule has 1 unspecified atom stereocenters. The van der Waals surface area contributed by atoms with Crippen molar-refractivity contribution in [3.63, 3.8) is 0 Å². The average Bonchev–Trinajstić information content (AvgIpc) is 3.42. The molecule has 0 aliphatic carbocycles. The van der Waals surface area contributed by atoms with Gasteiger partial charge in [0.2, 0.25) is 0 Å². The van der Waals surface area contributed by atoms with Gasteiger partial charge in [-0.25, -0.2) is 14.2 Å². The summed E-state index contributed by atoms with van der Waals surface area (Å²) < 4.78 is 27.6. The Morgan fingerprint density at radius 2 is 2.13 bits per heavy atom. The average molecular weight is 442 g/mol. The Labute approximate surface area is 181 Å². The maximum Gasteiger partial charge on any atom is 0.144 e. The number of hydrogen-bond donors (Lipinski definition) is 3. The van der Waals surface area contributed by atoms with Gasteiger partial charge in [0.15, 0.2) is 0 Å². The molecular formula is C21H27N7O2S. The Kier molecular flexibility index (Phi) is 5.19. The van der Waals surface area contributed by atoms with Gasteiger partial charge in [-0.05, 0) is 31.2 Å². The lowest BCUT2D eigenvalue weighted by atomic mass is 10.2. The van der Waals surface area contributed by atoms with Crippen LogP contribution in [-0.2, 0) is 9.73 Å². The number of ether oxygens (including phenoxy) is 1. The summed E-state index contributed by atoms with van der Waals surface area (Å²) in [5, 5.41) is 6.86. The van der Waals surface area contributed by atoms with E-state index in [1.54, 1.807) is 13.4 Å². The number of hydrogen-bond acceptors (Lipinski definition) is 8. The molecule has 2 aliphatic rings. The van der Waals surface area contributed by atoms with Crippen molar-refractivity contribution >= 4 is 32.3 Å². The third-order valence-electron chi connectivity index (χ3n) is 5.96. The molecule has 2 aromatic heterocycles. The summed E-state index contributed by atoms with van der Waals surface area (Å²) in [4.78, 5) is 11.5. The lowest BCUT2D eigenvalue weighted by molar-refractivity contribution is 0.415. The third-order valence-corrected chi connectivity index (χ3v) is 7.65. The number of nitrogens with one attached hydrogen (secondary N) is 3. The van der Waals surface area contributed by atoms with Crippen molar-refractivity contribution in [3.8, 4) is 11.6 Å². The molecule has 4 heterocycles. The topological polar surface area (TPSA) is 108 Å². The van der Waals surface area contributed by atoms with Crippen LogP contribution in [0.1, 0.15) is 6.42 Å². The maximum atomic E-state index is 12.1. The minimum absolute atomic E-state index is 0.374. The van der Waals surface area contributed by atoms with E-state index in [0.29, 0.717) is 30.6 Å². The van der Waals surface area contributed by atoms with Crippen molar-refractivity contribution in [1.82, 2.24) is 19.9 Å². The summed E-state index contributed by atoms with van der Waals surface area (Å²) in [5.74, 6) is 3.12. The molecule has 3 N–H and O–H groups in total. The molecule has 2 saturated heterocycles. The van der Waals surface area contributed by atoms with Gasteiger partial charge in [0.1, 0.15) is 23.7 Å². The zero-order chi connectivity index (χ0) is 21.4. The minimum Gasteiger partial charge on any atom is -0.495 e. The van der Waals surface area contributed by atoms with Crippen LogP contribution in [0.15, 0.2) is 36.7 Å². The number of fused-ring (bicyclic) bond motifs is 1. The van der Waals surface area contributed by atoms with Crippen molar-refractivity contribution < 1.29 is 8.95 Å². The second-order valence-corrected chi connectivity index (χ2v) is 10.5. The first kappa shape index (κ1) is 20.1. The van der Waals surface area contributed by atoms with E-state index in [0.717, 1.165) is 53.6 Å². The zero-order valence-electron chi connectivity index (χ0n) is 17.5. The summed E-state index contributed by atoms with van der Waals surface area (Å²) in [6.45, 7) is 3.13. The number of rotatable bonds is 5. The maximum absolute atomic E-state index is 12.1. The standard InChI is InChI=1S/C21H27N7O2S/c1-30-19-11-16-17(12-18(19)27-7-9-31(22,29)10-8-27)28(14-24-16)21-4-2-3-20(26-21)25-15-5-6-23-13-15/h2-4,11-12,14-15,22-23H,5-10,13H2,1H3,(H,25,26). The smallest absolute Gasteiger partial charge is 0.144 e. The van der Waals surface area contributed by atoms with Gasteiger partial charge in [0, 0.05) is 53.0 Å². The molecule has 3 aromatic rings. The molecule has 0 radical (unpaired) electrons. The Hall–Kier alpha value is -2.85. The number of pyridine rings is 1. The lowest BCUT2D eigenvalue weighted by Crippen LogP contribution is -2.39. The highest BCUT2D eigenvalue weighted by Gasteiger charge is 2.23. The van der Waals surface area contributed by atoms with Gasteiger partial charge in [-0.1, -0.05) is 6.07 Å². The predicted octanol–water partition coefficient (Wildman–Crippen LogP) is 2.07. The molecule has 5 rings (SSSR count). The van der Waals surface area contributed by atoms with E-state index in [2.05, 4.69) is 26.6 Å². The van der Waals surface area contributed by atoms with Gasteiger partial charge < -0.3 is 20.3 Å². The molecule has 0 saturated carbocycles. The van der Waals surface area contributed by atoms with Crippen LogP contribution in [0.3, 0.4) is 0 Å². The first-order chi connectivity index (χ1) is 15.0. The van der Waals surface area contributed by atoms with Crippen LogP contribution in [-0.4, -0.2) is 69.6 Å². The molecule has 2 fully saturated rings. The molecule has 1 atom stereocenters. The van der Waals surface area contributed by atoms with Crippen molar-refractivity contribution in [3.05, 3.63) is 36.7 Å². The Balaban J connectivity index is 1.50. The number of aromatic nitrogens is 3. The van der Waals surface area contributed by atoms with Gasteiger partial charge in [-0.15, -0.1) is 0 Å². The first-order valence-electron chi connectivity index (χ1n) is 10.5. The van der Waals surface area contributed by atoms with Crippen molar-refractivity contribution in [2.24, 2.45) is 0 Å². The van der Waals surface area contributed by atoms with E-state index in [1.807, 2.05) is 28.8 Å². The number of benzene rings is 1. The van der Waals surface area contributed by atoms with Crippen molar-refractivity contribution in [2.45, 2.75) is 12.5 Å². The van der Waals surface area contributed by atoms with Gasteiger partial charge in [0.05, 0.1) is 23.8 Å². The van der Waals surface area contributed by atoms with Crippen LogP contribution in [0.25, 0.3) is 16.9 Å². The van der Waals surface area contributed by atoms with E-state index in [9.17, 15) is 4.21 Å². The summed E-state index contributed by atoms with van der Waals surface area (Å²) in [6, 6.07) is 10.3. The van der Waals surface area contributed by atoms with Crippen molar-refractivity contribution in [1.29, 1.82) is 4.78 Å². The second kappa shape index (κ2) is 8.01. The zero-order valence-corrected chi connectivity index (χ0v) is 18.3. The summed E-state index contributed by atoms with van der Waals surface area (Å²) >= 11 is 0. The molecule has 0 spiro atoms. The molecule has 31 heavy (non-hydrogen) atoms. The quantitative estimate of drug-likeness (QED) is 0.556. The highest BCUT2D eigenvalue weighted by Crippen LogP contribution is 2.34. The molecule has 164 valence electrons. The van der Waals surface area contributed by atoms with E-state index >= 15 is 0 Å². The van der Waals surface area contributed by atoms with Crippen LogP contribution in [0.4, 0.5) is 11.5 Å². The molecule has 2 aliphatic heterocycles. The molecule has 9 nitrogen and oxygen atoms in total. The fourth-order valence-corrected chi connectivity index (χ4v) is 5.45. The summed E-state index contributed by atoms with van der Waals surface area (Å²) in [6.07, 6.45) is 2.87. The van der Waals surface area contributed by atoms with Crippen LogP contribution in [0, 0.1) is 4.78 Å². The predicted molar refractivity (Wildman–Crippen MR) is 123 cm³/mol. The first-order valence-corrected chi connectivity index (χ1v) is 12.4. The Morgan fingerprint density at radius 1 is 1.29 bits per heavy atom. The highest BCUT2D eigenvalue weighted by atomic mass is 32.2. The van der Waals surface area contributed by atoms with Gasteiger partial charge in [-0.3, -0.25) is 9.35 Å². The molecule has 10 heteroatoms. The number of imidazole rings is 1. The van der Waals surface area contributed by atoms with E-state index in [4.69, 9.17) is 14.5 Å². The fourth-order valence-electron chi connectivity index (χ4n) is 4.21. The van der Waals surface area contributed by atoms with Crippen LogP contribution in [0.2, 0.25) is 0 Å². The third kappa shape index (κ3) is 4.05. The molecular weight excluding hydrogens is 414 g/mol. The SMILES string of the molecule is COc1cc2ncn(-c3cccc(NC4CCNC4)n3)c2cc1N1CCS(=N)(=O)CC1. The molecule has 0 bridgehead atoms. The van der Waals surface area contributed by atoms with E-state index < -0.39 is 9.73 Å². The van der Waals surface area contributed by atoms with E-state index in [-0.39, 0.29) is 0 Å². The Morgan fingerprint density at radius 3 is 2.87 bits per heavy atom. The second-order valence-electron chi connectivity index (χ2n) is 8.05. The van der Waals surface area contributed by atoms with E-state index in [1.165, 1.54) is 0 Å². The normalized spacial score (nSPS) is 20.8. The number of anilines is 2. The number of nitrogens with zero attached hydrogens (tertiary/aromatic N) is 4. The van der Waals surface area contributed by atoms with Crippen molar-refractivity contribution in [2.75, 3.05) is 55.0 Å². The summed E-state index contributed by atoms with van der Waals surface area (Å²) in [7, 11) is -0.816. The van der Waals surface area contributed by atoms with Crippen LogP contribution < -0.4 is 20.3 Å². The van der Waals surface area contributed by atoms with Gasteiger partial charge >= 0.3 is 0 Å². The Bertz CT molecular complexity index is 1190. The fraction of sp³-hybridized carbons (Fsp3) is 0.429. The lowest BCUT2D eigenvalue weighted by Gasteiger charge is -2.31. The monoisotopic (exact) mass is 441 g/mol. The molecule has 0 amide bonds. The minimum atomic E-state index is -2.46. The highest BCUT2D eigenvalue weighted by molar-refractivity contribution is 7.92. The number of methoxy groups -OCH3 is 1. The van der Waals surface area contributed by atoms with Gasteiger partial charge in [0.25, 0.3) is 0 Å². The molecule has 1 aromatic carbocycles. The van der Waals surface area contributed by atoms with Gasteiger partial charge in [-0.2, -0.15) is 0 Å². The largest absolute Gasteiger partial charge is 0.495 e. The summed E-state index contributed by atoms with van der Waals surface area (Å²) in [5.41, 5.74) is 2.68.